The second kappa shape index (κ2) is 6.57. The first kappa shape index (κ1) is 13.9. The first-order chi connectivity index (χ1) is 9.81. The quantitative estimate of drug-likeness (QED) is 0.786. The van der Waals surface area contributed by atoms with Gasteiger partial charge in [0.05, 0.1) is 0 Å². The van der Waals surface area contributed by atoms with Gasteiger partial charge in [-0.1, -0.05) is 12.2 Å². The van der Waals surface area contributed by atoms with E-state index >= 15 is 0 Å². The molecule has 0 radical (unpaired) electrons. The van der Waals surface area contributed by atoms with Crippen LogP contribution in [0.3, 0.4) is 0 Å². The third kappa shape index (κ3) is 3.51. The molecule has 1 aliphatic heterocycles. The summed E-state index contributed by atoms with van der Waals surface area (Å²) in [4.78, 5) is 7.20. The van der Waals surface area contributed by atoms with E-state index in [4.69, 9.17) is 0 Å². The van der Waals surface area contributed by atoms with Crippen LogP contribution in [0.5, 0.6) is 0 Å². The smallest absolute Gasteiger partial charge is 0.108 e. The summed E-state index contributed by atoms with van der Waals surface area (Å²) in [5.74, 6) is 2.94. The van der Waals surface area contributed by atoms with Gasteiger partial charge in [-0.2, -0.15) is 0 Å². The fraction of sp³-hybridized carbons (Fsp3) is 0.706. The van der Waals surface area contributed by atoms with Gasteiger partial charge in [-0.05, 0) is 50.5 Å². The fourth-order valence-corrected chi connectivity index (χ4v) is 3.72. The number of aromatic nitrogens is 2. The van der Waals surface area contributed by atoms with Gasteiger partial charge in [0.25, 0.3) is 0 Å². The SMILES string of the molecule is Cn1ccnc1C[C@@H]1CCCN(C[C@@H]2CC=CCC2)C1. The number of imidazole rings is 1. The lowest BCUT2D eigenvalue weighted by molar-refractivity contribution is 0.146. The van der Waals surface area contributed by atoms with E-state index in [0.717, 1.165) is 18.3 Å². The number of piperidine rings is 1. The molecule has 2 atom stereocenters. The minimum Gasteiger partial charge on any atom is -0.338 e. The number of hydrogen-bond acceptors (Lipinski definition) is 2. The van der Waals surface area contributed by atoms with Crippen molar-refractivity contribution in [2.24, 2.45) is 18.9 Å². The van der Waals surface area contributed by atoms with Crippen LogP contribution in [0, 0.1) is 11.8 Å². The molecule has 0 bridgehead atoms. The summed E-state index contributed by atoms with van der Waals surface area (Å²) in [5.41, 5.74) is 0. The number of hydrogen-bond donors (Lipinski definition) is 0. The summed E-state index contributed by atoms with van der Waals surface area (Å²) in [6.07, 6.45) is 16.5. The van der Waals surface area contributed by atoms with Crippen molar-refractivity contribution in [1.29, 1.82) is 0 Å². The lowest BCUT2D eigenvalue weighted by Gasteiger charge is -2.35. The molecule has 0 aromatic carbocycles. The highest BCUT2D eigenvalue weighted by molar-refractivity contribution is 4.95. The Morgan fingerprint density at radius 3 is 2.95 bits per heavy atom. The Kier molecular flexibility index (Phi) is 4.56. The third-order valence-corrected chi connectivity index (χ3v) is 4.89. The molecule has 0 unspecified atom stereocenters. The van der Waals surface area contributed by atoms with E-state index < -0.39 is 0 Å². The van der Waals surface area contributed by atoms with E-state index in [-0.39, 0.29) is 0 Å². The van der Waals surface area contributed by atoms with Gasteiger partial charge in [-0.15, -0.1) is 0 Å². The molecule has 110 valence electrons. The molecule has 0 saturated carbocycles. The summed E-state index contributed by atoms with van der Waals surface area (Å²) in [7, 11) is 2.11. The maximum absolute atomic E-state index is 4.49. The van der Waals surface area contributed by atoms with Crippen LogP contribution >= 0.6 is 0 Å². The molecule has 3 nitrogen and oxygen atoms in total. The van der Waals surface area contributed by atoms with Crippen molar-refractivity contribution in [1.82, 2.24) is 14.5 Å². The average molecular weight is 273 g/mol. The molecule has 1 aromatic rings. The van der Waals surface area contributed by atoms with E-state index in [2.05, 4.69) is 39.8 Å². The number of likely N-dealkylation sites (tertiary alicyclic amines) is 1. The van der Waals surface area contributed by atoms with Crippen LogP contribution in [-0.2, 0) is 13.5 Å². The Hall–Kier alpha value is -1.09. The number of nitrogens with zero attached hydrogens (tertiary/aromatic N) is 3. The standard InChI is InChI=1S/C17H27N3/c1-19-11-9-18-17(19)12-16-8-5-10-20(14-16)13-15-6-3-2-4-7-15/h2-3,9,11,15-16H,4-8,10,12-14H2,1H3/t15-,16+/m1/s1. The molecule has 1 aromatic heterocycles. The van der Waals surface area contributed by atoms with Crippen molar-refractivity contribution in [3.63, 3.8) is 0 Å². The maximum Gasteiger partial charge on any atom is 0.108 e. The van der Waals surface area contributed by atoms with Crippen LogP contribution in [0.1, 0.15) is 37.9 Å². The van der Waals surface area contributed by atoms with Gasteiger partial charge in [-0.25, -0.2) is 4.98 Å². The van der Waals surface area contributed by atoms with Crippen LogP contribution in [0.15, 0.2) is 24.5 Å². The van der Waals surface area contributed by atoms with Crippen LogP contribution < -0.4 is 0 Å². The summed E-state index contributed by atoms with van der Waals surface area (Å²) in [6.45, 7) is 3.88. The van der Waals surface area contributed by atoms with Crippen molar-refractivity contribution in [3.8, 4) is 0 Å². The van der Waals surface area contributed by atoms with Crippen molar-refractivity contribution in [3.05, 3.63) is 30.4 Å². The molecule has 1 aliphatic carbocycles. The van der Waals surface area contributed by atoms with E-state index in [1.807, 2.05) is 6.20 Å². The van der Waals surface area contributed by atoms with Crippen LogP contribution in [0.4, 0.5) is 0 Å². The van der Waals surface area contributed by atoms with E-state index in [1.54, 1.807) is 0 Å². The number of allylic oxidation sites excluding steroid dienone is 2. The van der Waals surface area contributed by atoms with Crippen LogP contribution in [0.25, 0.3) is 0 Å². The molecule has 3 rings (SSSR count). The van der Waals surface area contributed by atoms with Gasteiger partial charge in [0.2, 0.25) is 0 Å². The highest BCUT2D eigenvalue weighted by atomic mass is 15.1. The van der Waals surface area contributed by atoms with E-state index in [9.17, 15) is 0 Å². The Balaban J connectivity index is 1.51. The van der Waals surface area contributed by atoms with Crippen molar-refractivity contribution in [2.45, 2.75) is 38.5 Å². The molecule has 3 heteroatoms. The highest BCUT2D eigenvalue weighted by Gasteiger charge is 2.23. The van der Waals surface area contributed by atoms with Gasteiger partial charge in [-0.3, -0.25) is 0 Å². The molecule has 1 saturated heterocycles. The van der Waals surface area contributed by atoms with Gasteiger partial charge in [0.1, 0.15) is 5.82 Å². The van der Waals surface area contributed by atoms with Crippen LogP contribution in [-0.4, -0.2) is 34.1 Å². The van der Waals surface area contributed by atoms with Crippen molar-refractivity contribution in [2.75, 3.05) is 19.6 Å². The maximum atomic E-state index is 4.49. The van der Waals surface area contributed by atoms with Crippen LogP contribution in [0.2, 0.25) is 0 Å². The Morgan fingerprint density at radius 2 is 2.20 bits per heavy atom. The normalized spacial score (nSPS) is 27.9. The Bertz CT molecular complexity index is 449. The molecule has 2 heterocycles. The molecule has 0 N–H and O–H groups in total. The topological polar surface area (TPSA) is 21.1 Å². The number of aryl methyl sites for hydroxylation is 1. The third-order valence-electron chi connectivity index (χ3n) is 4.89. The minimum atomic E-state index is 0.795. The zero-order chi connectivity index (χ0) is 13.8. The largest absolute Gasteiger partial charge is 0.338 e. The molecule has 2 aliphatic rings. The first-order valence-electron chi connectivity index (χ1n) is 8.15. The molecule has 0 amide bonds. The summed E-state index contributed by atoms with van der Waals surface area (Å²) < 4.78 is 2.17. The molecule has 20 heavy (non-hydrogen) atoms. The highest BCUT2D eigenvalue weighted by Crippen LogP contribution is 2.24. The summed E-state index contributed by atoms with van der Waals surface area (Å²) >= 11 is 0. The predicted octanol–water partition coefficient (Wildman–Crippen LogP) is 3.03. The van der Waals surface area contributed by atoms with E-state index in [0.29, 0.717) is 0 Å². The minimum absolute atomic E-state index is 0.795. The average Bonchev–Trinajstić information content (AvgIpc) is 2.86. The Morgan fingerprint density at radius 1 is 1.25 bits per heavy atom. The molecule has 1 fully saturated rings. The van der Waals surface area contributed by atoms with E-state index in [1.165, 1.54) is 57.6 Å². The number of rotatable bonds is 4. The lowest BCUT2D eigenvalue weighted by atomic mass is 9.90. The van der Waals surface area contributed by atoms with Gasteiger partial charge >= 0.3 is 0 Å². The summed E-state index contributed by atoms with van der Waals surface area (Å²) in [6, 6.07) is 0. The second-order valence-corrected chi connectivity index (χ2v) is 6.58. The molecular weight excluding hydrogens is 246 g/mol. The second-order valence-electron chi connectivity index (χ2n) is 6.58. The Labute approximate surface area is 122 Å². The van der Waals surface area contributed by atoms with Crippen molar-refractivity contribution >= 4 is 0 Å². The predicted molar refractivity (Wildman–Crippen MR) is 82.6 cm³/mol. The van der Waals surface area contributed by atoms with Crippen molar-refractivity contribution < 1.29 is 0 Å². The van der Waals surface area contributed by atoms with Gasteiger partial charge in [0, 0.05) is 39.0 Å². The zero-order valence-electron chi connectivity index (χ0n) is 12.7. The molecular formula is C17H27N3. The monoisotopic (exact) mass is 273 g/mol. The summed E-state index contributed by atoms with van der Waals surface area (Å²) in [5, 5.41) is 0. The fourth-order valence-electron chi connectivity index (χ4n) is 3.72. The lowest BCUT2D eigenvalue weighted by Crippen LogP contribution is -2.39. The van der Waals surface area contributed by atoms with Gasteiger partial charge in [0.15, 0.2) is 0 Å². The zero-order valence-corrected chi connectivity index (χ0v) is 12.7. The first-order valence-corrected chi connectivity index (χ1v) is 8.15. The molecule has 0 spiro atoms. The van der Waals surface area contributed by atoms with Gasteiger partial charge < -0.3 is 9.47 Å².